The second-order valence-electron chi connectivity index (χ2n) is 6.01. The van der Waals surface area contributed by atoms with Gasteiger partial charge in [-0.1, -0.05) is 41.0 Å². The summed E-state index contributed by atoms with van der Waals surface area (Å²) in [7, 11) is 0. The van der Waals surface area contributed by atoms with Gasteiger partial charge in [0.05, 0.1) is 21.5 Å². The van der Waals surface area contributed by atoms with Crippen molar-refractivity contribution in [2.24, 2.45) is 0 Å². The molecule has 1 saturated carbocycles. The highest BCUT2D eigenvalue weighted by Crippen LogP contribution is 2.41. The number of carbonyl (C=O) groups excluding carboxylic acids is 1. The van der Waals surface area contributed by atoms with Crippen LogP contribution in [0.15, 0.2) is 23.4 Å². The van der Waals surface area contributed by atoms with E-state index in [0.717, 1.165) is 11.0 Å². The Labute approximate surface area is 155 Å². The van der Waals surface area contributed by atoms with Crippen LogP contribution in [0.4, 0.5) is 5.69 Å². The van der Waals surface area contributed by atoms with Crippen molar-refractivity contribution < 1.29 is 4.79 Å². The molecule has 1 fully saturated rings. The van der Waals surface area contributed by atoms with Gasteiger partial charge in [0.25, 0.3) is 0 Å². The fourth-order valence-electron chi connectivity index (χ4n) is 2.41. The van der Waals surface area contributed by atoms with Gasteiger partial charge in [0.2, 0.25) is 5.91 Å². The van der Waals surface area contributed by atoms with Crippen LogP contribution in [0.5, 0.6) is 0 Å². The Hall–Kier alpha value is -1.24. The predicted molar refractivity (Wildman–Crippen MR) is 98.2 cm³/mol. The fourth-order valence-corrected chi connectivity index (χ4v) is 3.78. The minimum atomic E-state index is -0.179. The van der Waals surface area contributed by atoms with Gasteiger partial charge >= 0.3 is 0 Å². The molecule has 0 bridgehead atoms. The molecule has 5 nitrogen and oxygen atoms in total. The van der Waals surface area contributed by atoms with Gasteiger partial charge in [-0.25, -0.2) is 0 Å². The van der Waals surface area contributed by atoms with Crippen molar-refractivity contribution in [3.05, 3.63) is 34.1 Å². The number of nitrogens with zero attached hydrogens (tertiary/aromatic N) is 3. The summed E-state index contributed by atoms with van der Waals surface area (Å²) >= 11 is 13.5. The van der Waals surface area contributed by atoms with Crippen LogP contribution in [-0.4, -0.2) is 26.4 Å². The molecule has 0 unspecified atom stereocenters. The molecule has 0 spiro atoms. The van der Waals surface area contributed by atoms with E-state index in [1.165, 1.54) is 24.6 Å². The smallest absolute Gasteiger partial charge is 0.234 e. The maximum Gasteiger partial charge on any atom is 0.234 e. The van der Waals surface area contributed by atoms with Gasteiger partial charge in [0, 0.05) is 12.0 Å². The molecule has 1 amide bonds. The van der Waals surface area contributed by atoms with Crippen molar-refractivity contribution in [2.75, 3.05) is 11.1 Å². The van der Waals surface area contributed by atoms with Crippen molar-refractivity contribution in [1.82, 2.24) is 14.8 Å². The molecule has 0 radical (unpaired) electrons. The maximum atomic E-state index is 12.2. The third-order valence-electron chi connectivity index (χ3n) is 3.71. The topological polar surface area (TPSA) is 59.8 Å². The fraction of sp³-hybridized carbons (Fsp3) is 0.438. The molecule has 0 aliphatic heterocycles. The third kappa shape index (κ3) is 3.87. The molecule has 1 aliphatic rings. The van der Waals surface area contributed by atoms with Gasteiger partial charge in [-0.15, -0.1) is 10.2 Å². The molecule has 8 heteroatoms. The first-order chi connectivity index (χ1) is 11.5. The molecule has 1 heterocycles. The highest BCUT2D eigenvalue weighted by molar-refractivity contribution is 7.99. The van der Waals surface area contributed by atoms with Crippen molar-refractivity contribution in [3.8, 4) is 0 Å². The Morgan fingerprint density at radius 2 is 2.00 bits per heavy atom. The molecular weight excluding hydrogens is 367 g/mol. The van der Waals surface area contributed by atoms with Crippen LogP contribution in [0.1, 0.15) is 44.5 Å². The van der Waals surface area contributed by atoms with E-state index in [0.29, 0.717) is 21.7 Å². The summed E-state index contributed by atoms with van der Waals surface area (Å²) in [4.78, 5) is 12.2. The molecule has 1 aliphatic carbocycles. The Morgan fingerprint density at radius 1 is 1.33 bits per heavy atom. The molecule has 2 aromatic rings. The first-order valence-electron chi connectivity index (χ1n) is 7.78. The standard InChI is InChI=1S/C16H18Cl2N4OS/c1-9(2)22-15(10-6-7-10)20-21-16(22)24-8-13(23)19-14-11(17)4-3-5-12(14)18/h3-5,9-10H,6-8H2,1-2H3,(H,19,23). The summed E-state index contributed by atoms with van der Waals surface area (Å²) in [5.74, 6) is 1.59. The zero-order chi connectivity index (χ0) is 17.3. The lowest BCUT2D eigenvalue weighted by atomic mass is 10.3. The number of anilines is 1. The van der Waals surface area contributed by atoms with Gasteiger partial charge in [-0.05, 0) is 38.8 Å². The van der Waals surface area contributed by atoms with Gasteiger partial charge in [0.15, 0.2) is 5.16 Å². The Kier molecular flexibility index (Phi) is 5.37. The molecular formula is C16H18Cl2N4OS. The highest BCUT2D eigenvalue weighted by atomic mass is 35.5. The van der Waals surface area contributed by atoms with E-state index in [4.69, 9.17) is 23.2 Å². The van der Waals surface area contributed by atoms with E-state index in [2.05, 4.69) is 33.9 Å². The largest absolute Gasteiger partial charge is 0.323 e. The summed E-state index contributed by atoms with van der Waals surface area (Å²) in [6.45, 7) is 4.20. The van der Waals surface area contributed by atoms with Crippen molar-refractivity contribution in [3.63, 3.8) is 0 Å². The minimum Gasteiger partial charge on any atom is -0.323 e. The van der Waals surface area contributed by atoms with Crippen LogP contribution in [0.3, 0.4) is 0 Å². The average Bonchev–Trinajstić information content (AvgIpc) is 3.28. The summed E-state index contributed by atoms with van der Waals surface area (Å²) in [6.07, 6.45) is 2.34. The SMILES string of the molecule is CC(C)n1c(SCC(=O)Nc2c(Cl)cccc2Cl)nnc1C1CC1. The van der Waals surface area contributed by atoms with E-state index >= 15 is 0 Å². The number of nitrogens with one attached hydrogen (secondary N) is 1. The molecule has 3 rings (SSSR count). The lowest BCUT2D eigenvalue weighted by molar-refractivity contribution is -0.113. The van der Waals surface area contributed by atoms with Gasteiger partial charge in [-0.3, -0.25) is 4.79 Å². The number of halogens is 2. The van der Waals surface area contributed by atoms with Gasteiger partial charge < -0.3 is 9.88 Å². The Bertz CT molecular complexity index is 738. The second-order valence-corrected chi connectivity index (χ2v) is 7.77. The summed E-state index contributed by atoms with van der Waals surface area (Å²) in [6, 6.07) is 5.37. The average molecular weight is 385 g/mol. The molecule has 1 N–H and O–H groups in total. The van der Waals surface area contributed by atoms with Crippen molar-refractivity contribution >= 4 is 46.6 Å². The van der Waals surface area contributed by atoms with E-state index < -0.39 is 0 Å². The van der Waals surface area contributed by atoms with E-state index in [1.807, 2.05) is 0 Å². The number of amides is 1. The Balaban J connectivity index is 1.66. The quantitative estimate of drug-likeness (QED) is 0.728. The third-order valence-corrected chi connectivity index (χ3v) is 5.28. The zero-order valence-corrected chi connectivity index (χ0v) is 15.8. The predicted octanol–water partition coefficient (Wildman–Crippen LogP) is 4.77. The highest BCUT2D eigenvalue weighted by Gasteiger charge is 2.31. The molecule has 128 valence electrons. The zero-order valence-electron chi connectivity index (χ0n) is 13.4. The number of thioether (sulfide) groups is 1. The first kappa shape index (κ1) is 17.6. The Morgan fingerprint density at radius 3 is 2.58 bits per heavy atom. The molecule has 1 aromatic heterocycles. The monoisotopic (exact) mass is 384 g/mol. The molecule has 24 heavy (non-hydrogen) atoms. The number of hydrogen-bond acceptors (Lipinski definition) is 4. The van der Waals surface area contributed by atoms with Crippen LogP contribution in [0.2, 0.25) is 10.0 Å². The minimum absolute atomic E-state index is 0.179. The van der Waals surface area contributed by atoms with Gasteiger partial charge in [-0.2, -0.15) is 0 Å². The van der Waals surface area contributed by atoms with E-state index in [9.17, 15) is 4.79 Å². The summed E-state index contributed by atoms with van der Waals surface area (Å²) in [5.41, 5.74) is 0.440. The molecule has 0 atom stereocenters. The number of rotatable bonds is 6. The lowest BCUT2D eigenvalue weighted by Crippen LogP contribution is -2.15. The lowest BCUT2D eigenvalue weighted by Gasteiger charge is -2.13. The maximum absolute atomic E-state index is 12.2. The van der Waals surface area contributed by atoms with Crippen LogP contribution in [0, 0.1) is 0 Å². The number of para-hydroxylation sites is 1. The number of carbonyl (C=O) groups is 1. The van der Waals surface area contributed by atoms with Crippen LogP contribution in [-0.2, 0) is 4.79 Å². The van der Waals surface area contributed by atoms with Crippen LogP contribution >= 0.6 is 35.0 Å². The summed E-state index contributed by atoms with van der Waals surface area (Å²) in [5, 5.41) is 12.9. The molecule has 0 saturated heterocycles. The van der Waals surface area contributed by atoms with Crippen LogP contribution < -0.4 is 5.32 Å². The number of benzene rings is 1. The van der Waals surface area contributed by atoms with E-state index in [-0.39, 0.29) is 17.7 Å². The van der Waals surface area contributed by atoms with Crippen molar-refractivity contribution in [1.29, 1.82) is 0 Å². The number of hydrogen-bond donors (Lipinski definition) is 1. The first-order valence-corrected chi connectivity index (χ1v) is 9.53. The van der Waals surface area contributed by atoms with Gasteiger partial charge in [0.1, 0.15) is 5.82 Å². The van der Waals surface area contributed by atoms with E-state index in [1.54, 1.807) is 18.2 Å². The normalized spacial score (nSPS) is 14.2. The van der Waals surface area contributed by atoms with Crippen LogP contribution in [0.25, 0.3) is 0 Å². The summed E-state index contributed by atoms with van der Waals surface area (Å²) < 4.78 is 2.12. The molecule has 1 aromatic carbocycles. The van der Waals surface area contributed by atoms with Crippen molar-refractivity contribution in [2.45, 2.75) is 43.8 Å². The second kappa shape index (κ2) is 7.33. The number of aromatic nitrogens is 3.